The summed E-state index contributed by atoms with van der Waals surface area (Å²) in [5.74, 6) is 0.434. The number of ketones is 1. The molecule has 4 rings (SSSR count). The number of carbonyl (C=O) groups excluding carboxylic acids is 1. The van der Waals surface area contributed by atoms with E-state index in [1.165, 1.54) is 5.57 Å². The van der Waals surface area contributed by atoms with Crippen LogP contribution < -0.4 is 0 Å². The average molecular weight is 404 g/mol. The predicted molar refractivity (Wildman–Crippen MR) is 108 cm³/mol. The van der Waals surface area contributed by atoms with E-state index >= 15 is 0 Å². The number of nitrogens with zero attached hydrogens (tertiary/aromatic N) is 1. The van der Waals surface area contributed by atoms with Crippen molar-refractivity contribution in [2.75, 3.05) is 6.61 Å². The Morgan fingerprint density at radius 1 is 1.14 bits per heavy atom. The van der Waals surface area contributed by atoms with Gasteiger partial charge in [-0.1, -0.05) is 24.6 Å². The van der Waals surface area contributed by atoms with Gasteiger partial charge in [0.05, 0.1) is 5.71 Å². The number of carbonyl (C=O) groups is 2. The Balaban J connectivity index is 1.57. The number of oxime groups is 1. The van der Waals surface area contributed by atoms with Crippen LogP contribution in [0.25, 0.3) is 0 Å². The zero-order valence-corrected chi connectivity index (χ0v) is 17.7. The fourth-order valence-electron chi connectivity index (χ4n) is 7.41. The Labute approximate surface area is 172 Å². The first kappa shape index (κ1) is 20.6. The third-order valence-corrected chi connectivity index (χ3v) is 9.08. The van der Waals surface area contributed by atoms with Gasteiger partial charge in [0.15, 0.2) is 5.78 Å². The molecule has 0 radical (unpaired) electrons. The maximum atomic E-state index is 12.3. The van der Waals surface area contributed by atoms with E-state index in [9.17, 15) is 14.7 Å². The molecule has 6 atom stereocenters. The summed E-state index contributed by atoms with van der Waals surface area (Å²) >= 11 is 0. The molecule has 3 unspecified atom stereocenters. The third kappa shape index (κ3) is 2.97. The average Bonchev–Trinajstić information content (AvgIpc) is 2.94. The zero-order valence-electron chi connectivity index (χ0n) is 17.7. The lowest BCUT2D eigenvalue weighted by molar-refractivity contribution is -0.159. The molecule has 0 heterocycles. The molecule has 160 valence electrons. The van der Waals surface area contributed by atoms with Gasteiger partial charge in [-0.2, -0.15) is 0 Å². The van der Waals surface area contributed by atoms with Gasteiger partial charge in [0, 0.05) is 5.41 Å². The van der Waals surface area contributed by atoms with Crippen molar-refractivity contribution >= 4 is 17.5 Å². The van der Waals surface area contributed by atoms with E-state index in [1.54, 1.807) is 6.92 Å². The molecule has 4 aliphatic rings. The number of fused-ring (bicyclic) bond motifs is 5. The summed E-state index contributed by atoms with van der Waals surface area (Å²) in [6.45, 7) is 5.67. The number of Topliss-reactive ketones (excluding diaryl/α,β-unsaturated/α-hetero) is 1. The maximum absolute atomic E-state index is 12.3. The number of hydrogen-bond acceptors (Lipinski definition) is 5. The highest BCUT2D eigenvalue weighted by Gasteiger charge is 2.65. The highest BCUT2D eigenvalue weighted by Crippen LogP contribution is 2.67. The predicted octanol–water partition coefficient (Wildman–Crippen LogP) is 3.73. The number of aliphatic carboxylic acids is 1. The fourth-order valence-corrected chi connectivity index (χ4v) is 7.41. The van der Waals surface area contributed by atoms with Crippen molar-refractivity contribution in [3.63, 3.8) is 0 Å². The highest BCUT2D eigenvalue weighted by atomic mass is 16.6. The van der Waals surface area contributed by atoms with Crippen LogP contribution in [-0.4, -0.2) is 39.9 Å². The molecule has 0 spiro atoms. The van der Waals surface area contributed by atoms with Crippen molar-refractivity contribution in [2.24, 2.45) is 33.7 Å². The van der Waals surface area contributed by atoms with Crippen molar-refractivity contribution in [1.29, 1.82) is 0 Å². The van der Waals surface area contributed by atoms with Crippen LogP contribution in [0.3, 0.4) is 0 Å². The van der Waals surface area contributed by atoms with Crippen LogP contribution in [0.5, 0.6) is 0 Å². The maximum Gasteiger partial charge on any atom is 0.344 e. The van der Waals surface area contributed by atoms with Crippen LogP contribution in [0, 0.1) is 28.6 Å². The van der Waals surface area contributed by atoms with E-state index in [4.69, 9.17) is 9.94 Å². The lowest BCUT2D eigenvalue weighted by Gasteiger charge is -2.59. The first-order valence-corrected chi connectivity index (χ1v) is 11.0. The largest absolute Gasteiger partial charge is 0.479 e. The summed E-state index contributed by atoms with van der Waals surface area (Å²) in [5.41, 5.74) is 0.903. The molecule has 0 aromatic heterocycles. The standard InChI is InChI=1S/C23H33NO5/c1-14(25)23(28)11-8-19-17-5-4-15-12-16(24-29-13-20(26)27)6-9-21(15,2)18(17)7-10-22(19,23)3/h12,17-19,28H,4-11,13H2,1-3H3,(H,26,27)/b24-16-/t17?,18?,19?,21-,22-,23-/m0/s1. The van der Waals surface area contributed by atoms with Gasteiger partial charge in [-0.15, -0.1) is 0 Å². The molecule has 2 N–H and O–H groups in total. The topological polar surface area (TPSA) is 96.2 Å². The van der Waals surface area contributed by atoms with Crippen LogP contribution in [0.15, 0.2) is 16.8 Å². The Bertz CT molecular complexity index is 788. The molecule has 6 nitrogen and oxygen atoms in total. The summed E-state index contributed by atoms with van der Waals surface area (Å²) in [5, 5.41) is 24.0. The number of hydrogen-bond donors (Lipinski definition) is 2. The second-order valence-electron chi connectivity index (χ2n) is 10.2. The van der Waals surface area contributed by atoms with E-state index in [0.29, 0.717) is 24.2 Å². The van der Waals surface area contributed by atoms with E-state index in [2.05, 4.69) is 25.1 Å². The first-order chi connectivity index (χ1) is 13.6. The molecular formula is C23H33NO5. The number of carboxylic acid groups (broad SMARTS) is 1. The van der Waals surface area contributed by atoms with Gasteiger partial charge < -0.3 is 15.1 Å². The minimum absolute atomic E-state index is 0.0663. The Kier molecular flexibility index (Phi) is 4.92. The fraction of sp³-hybridized carbons (Fsp3) is 0.783. The van der Waals surface area contributed by atoms with E-state index in [1.807, 2.05) is 0 Å². The lowest BCUT2D eigenvalue weighted by atomic mass is 9.46. The molecule has 4 aliphatic carbocycles. The van der Waals surface area contributed by atoms with Gasteiger partial charge in [-0.05, 0) is 87.5 Å². The van der Waals surface area contributed by atoms with Crippen LogP contribution in [-0.2, 0) is 14.4 Å². The molecular weight excluding hydrogens is 370 g/mol. The quantitative estimate of drug-likeness (QED) is 0.697. The molecule has 29 heavy (non-hydrogen) atoms. The molecule has 3 saturated carbocycles. The summed E-state index contributed by atoms with van der Waals surface area (Å²) in [7, 11) is 0. The van der Waals surface area contributed by atoms with Gasteiger partial charge in [-0.3, -0.25) is 4.79 Å². The molecule has 6 heteroatoms. The number of rotatable bonds is 4. The smallest absolute Gasteiger partial charge is 0.344 e. The van der Waals surface area contributed by atoms with Crippen LogP contribution in [0.4, 0.5) is 0 Å². The van der Waals surface area contributed by atoms with Crippen molar-refractivity contribution in [2.45, 2.75) is 77.7 Å². The van der Waals surface area contributed by atoms with Crippen molar-refractivity contribution in [3.05, 3.63) is 11.6 Å². The highest BCUT2D eigenvalue weighted by molar-refractivity contribution is 5.96. The van der Waals surface area contributed by atoms with Crippen LogP contribution in [0.2, 0.25) is 0 Å². The molecule has 0 bridgehead atoms. The van der Waals surface area contributed by atoms with Gasteiger partial charge in [0.2, 0.25) is 6.61 Å². The third-order valence-electron chi connectivity index (χ3n) is 9.08. The second-order valence-corrected chi connectivity index (χ2v) is 10.2. The van der Waals surface area contributed by atoms with Crippen molar-refractivity contribution < 1.29 is 24.6 Å². The monoisotopic (exact) mass is 403 g/mol. The SMILES string of the molecule is CC(=O)[C@@]1(O)CCC2C3CCC4=C/C(=N\OCC(=O)O)CC[C@]4(C)C3CC[C@@]21C. The van der Waals surface area contributed by atoms with E-state index in [0.717, 1.165) is 50.7 Å². The summed E-state index contributed by atoms with van der Waals surface area (Å²) in [6.07, 6.45) is 9.50. The molecule has 0 aromatic carbocycles. The van der Waals surface area contributed by atoms with Crippen LogP contribution >= 0.6 is 0 Å². The summed E-state index contributed by atoms with van der Waals surface area (Å²) < 4.78 is 0. The Hall–Kier alpha value is -1.69. The lowest BCUT2D eigenvalue weighted by Crippen LogP contribution is -2.57. The van der Waals surface area contributed by atoms with Gasteiger partial charge in [0.25, 0.3) is 0 Å². The minimum Gasteiger partial charge on any atom is -0.479 e. The summed E-state index contributed by atoms with van der Waals surface area (Å²) in [6, 6.07) is 0. The zero-order chi connectivity index (χ0) is 21.0. The second kappa shape index (κ2) is 6.93. The van der Waals surface area contributed by atoms with E-state index < -0.39 is 18.2 Å². The Morgan fingerprint density at radius 2 is 1.86 bits per heavy atom. The van der Waals surface area contributed by atoms with Gasteiger partial charge >= 0.3 is 5.97 Å². The normalized spacial score (nSPS) is 45.0. The first-order valence-electron chi connectivity index (χ1n) is 11.0. The molecule has 3 fully saturated rings. The molecule has 0 amide bonds. The van der Waals surface area contributed by atoms with Crippen molar-refractivity contribution in [3.8, 4) is 0 Å². The van der Waals surface area contributed by atoms with Crippen molar-refractivity contribution in [1.82, 2.24) is 0 Å². The molecule has 0 saturated heterocycles. The number of carboxylic acids is 1. The minimum atomic E-state index is -1.16. The number of aliphatic hydroxyl groups is 1. The van der Waals surface area contributed by atoms with Crippen LogP contribution in [0.1, 0.15) is 72.1 Å². The van der Waals surface area contributed by atoms with E-state index in [-0.39, 0.29) is 16.6 Å². The van der Waals surface area contributed by atoms with Gasteiger partial charge in [0.1, 0.15) is 5.60 Å². The molecule has 0 aliphatic heterocycles. The van der Waals surface area contributed by atoms with Gasteiger partial charge in [-0.25, -0.2) is 4.79 Å². The Morgan fingerprint density at radius 3 is 2.55 bits per heavy atom. The number of allylic oxidation sites excluding steroid dienone is 2. The summed E-state index contributed by atoms with van der Waals surface area (Å²) in [4.78, 5) is 27.9. The molecule has 0 aromatic rings.